The van der Waals surface area contributed by atoms with Gasteiger partial charge < -0.3 is 27.4 Å². The van der Waals surface area contributed by atoms with E-state index in [1.165, 1.54) is 0 Å². The van der Waals surface area contributed by atoms with Crippen LogP contribution in [-0.2, 0) is 0 Å². The Labute approximate surface area is 143 Å². The van der Waals surface area contributed by atoms with E-state index in [0.717, 1.165) is 0 Å². The van der Waals surface area contributed by atoms with E-state index in [9.17, 15) is 9.59 Å². The highest BCUT2D eigenvalue weighted by Crippen LogP contribution is 2.40. The van der Waals surface area contributed by atoms with Gasteiger partial charge in [-0.05, 0) is 35.4 Å². The number of primary amides is 2. The Morgan fingerprint density at radius 3 is 1.24 bits per heavy atom. The van der Waals surface area contributed by atoms with Crippen molar-refractivity contribution in [2.45, 2.75) is 0 Å². The molecule has 1 heterocycles. The van der Waals surface area contributed by atoms with Crippen LogP contribution in [0.3, 0.4) is 0 Å². The Morgan fingerprint density at radius 2 is 0.960 bits per heavy atom. The van der Waals surface area contributed by atoms with Crippen LogP contribution in [0, 0.1) is 0 Å². The van der Waals surface area contributed by atoms with Gasteiger partial charge in [-0.1, -0.05) is 24.3 Å². The molecule has 2 amide bonds. The van der Waals surface area contributed by atoms with E-state index in [0.29, 0.717) is 33.6 Å². The van der Waals surface area contributed by atoms with Crippen molar-refractivity contribution in [1.82, 2.24) is 0 Å². The van der Waals surface area contributed by atoms with E-state index in [1.54, 1.807) is 48.5 Å². The van der Waals surface area contributed by atoms with Crippen molar-refractivity contribution >= 4 is 23.2 Å². The largest absolute Gasteiger partial charge is 0.444 e. The predicted octanol–water partition coefficient (Wildman–Crippen LogP) is 1.98. The van der Waals surface area contributed by atoms with Crippen LogP contribution in [0.2, 0.25) is 0 Å². The normalized spacial score (nSPS) is 10.6. The third-order valence-electron chi connectivity index (χ3n) is 3.75. The van der Waals surface area contributed by atoms with Crippen LogP contribution in [-0.4, -0.2) is 11.8 Å². The van der Waals surface area contributed by atoms with Gasteiger partial charge in [-0.3, -0.25) is 9.59 Å². The molecular formula is C18H16N4O3. The average Bonchev–Trinajstić information content (AvgIpc) is 2.97. The number of furan rings is 1. The summed E-state index contributed by atoms with van der Waals surface area (Å²) < 4.78 is 5.43. The summed E-state index contributed by atoms with van der Waals surface area (Å²) >= 11 is 0. The van der Waals surface area contributed by atoms with Gasteiger partial charge in [0, 0.05) is 22.5 Å². The fourth-order valence-corrected chi connectivity index (χ4v) is 2.63. The summed E-state index contributed by atoms with van der Waals surface area (Å²) in [5, 5.41) is 0. The minimum atomic E-state index is -0.809. The molecule has 0 atom stereocenters. The number of hydrogen-bond acceptors (Lipinski definition) is 5. The van der Waals surface area contributed by atoms with E-state index >= 15 is 0 Å². The number of nitrogen functional groups attached to an aromatic ring is 2. The summed E-state index contributed by atoms with van der Waals surface area (Å²) in [6, 6.07) is 13.5. The highest BCUT2D eigenvalue weighted by Gasteiger charge is 2.28. The smallest absolute Gasteiger partial charge is 0.285 e. The monoisotopic (exact) mass is 336 g/mol. The van der Waals surface area contributed by atoms with Crippen molar-refractivity contribution in [3.05, 3.63) is 60.1 Å². The Hall–Kier alpha value is -3.74. The van der Waals surface area contributed by atoms with Gasteiger partial charge in [0.05, 0.1) is 0 Å². The molecule has 1 aromatic heterocycles. The molecular weight excluding hydrogens is 320 g/mol. The minimum Gasteiger partial charge on any atom is -0.444 e. The third-order valence-corrected chi connectivity index (χ3v) is 3.75. The molecule has 0 aliphatic carbocycles. The summed E-state index contributed by atoms with van der Waals surface area (Å²) in [4.78, 5) is 23.7. The molecule has 0 saturated heterocycles. The topological polar surface area (TPSA) is 151 Å². The van der Waals surface area contributed by atoms with Gasteiger partial charge in [0.1, 0.15) is 0 Å². The van der Waals surface area contributed by atoms with Gasteiger partial charge in [-0.2, -0.15) is 0 Å². The molecule has 3 rings (SSSR count). The molecule has 8 N–H and O–H groups in total. The summed E-state index contributed by atoms with van der Waals surface area (Å²) in [6.07, 6.45) is 0. The molecule has 0 fully saturated rings. The van der Waals surface area contributed by atoms with E-state index in [2.05, 4.69) is 0 Å². The molecule has 0 unspecified atom stereocenters. The quantitative estimate of drug-likeness (QED) is 0.537. The Balaban J connectivity index is 2.37. The number of rotatable bonds is 4. The lowest BCUT2D eigenvalue weighted by atomic mass is 9.94. The molecule has 0 aliphatic rings. The second-order valence-corrected chi connectivity index (χ2v) is 5.48. The number of anilines is 2. The van der Waals surface area contributed by atoms with Gasteiger partial charge in [0.25, 0.3) is 11.8 Å². The Bertz CT molecular complexity index is 879. The molecule has 7 heteroatoms. The first-order valence-electron chi connectivity index (χ1n) is 7.36. The lowest BCUT2D eigenvalue weighted by Crippen LogP contribution is -2.12. The highest BCUT2D eigenvalue weighted by molar-refractivity contribution is 6.08. The lowest BCUT2D eigenvalue weighted by molar-refractivity contribution is 0.0952. The summed E-state index contributed by atoms with van der Waals surface area (Å²) in [7, 11) is 0. The van der Waals surface area contributed by atoms with Gasteiger partial charge in [-0.25, -0.2) is 0 Å². The standard InChI is InChI=1S/C18H16N4O3/c19-11-5-1-9(2-6-11)13-14(10-3-7-12(20)8-4-10)16(18(22)24)25-15(13)17(21)23/h1-8H,19-20H2,(H2,21,23)(H2,22,24). The van der Waals surface area contributed by atoms with Crippen molar-refractivity contribution in [3.63, 3.8) is 0 Å². The summed E-state index contributed by atoms with van der Waals surface area (Å²) in [6.45, 7) is 0. The maximum absolute atomic E-state index is 11.9. The summed E-state index contributed by atoms with van der Waals surface area (Å²) in [5.74, 6) is -1.91. The molecule has 126 valence electrons. The minimum absolute atomic E-state index is 0.148. The second-order valence-electron chi connectivity index (χ2n) is 5.48. The SMILES string of the molecule is NC(=O)c1oc(C(N)=O)c(-c2ccc(N)cc2)c1-c1ccc(N)cc1. The zero-order valence-electron chi connectivity index (χ0n) is 13.2. The predicted molar refractivity (Wildman–Crippen MR) is 95.4 cm³/mol. The Kier molecular flexibility index (Phi) is 3.90. The number of carbonyl (C=O) groups excluding carboxylic acids is 2. The Morgan fingerprint density at radius 1 is 0.640 bits per heavy atom. The number of hydrogen-bond donors (Lipinski definition) is 4. The van der Waals surface area contributed by atoms with Gasteiger partial charge >= 0.3 is 0 Å². The first-order valence-corrected chi connectivity index (χ1v) is 7.36. The first kappa shape index (κ1) is 16.1. The number of nitrogens with two attached hydrogens (primary N) is 4. The third kappa shape index (κ3) is 2.90. The van der Waals surface area contributed by atoms with E-state index in [4.69, 9.17) is 27.4 Å². The first-order chi connectivity index (χ1) is 11.9. The molecule has 0 radical (unpaired) electrons. The van der Waals surface area contributed by atoms with Crippen LogP contribution in [0.4, 0.5) is 11.4 Å². The molecule has 25 heavy (non-hydrogen) atoms. The molecule has 0 aliphatic heterocycles. The second kappa shape index (κ2) is 6.04. The van der Waals surface area contributed by atoms with Crippen molar-refractivity contribution in [1.29, 1.82) is 0 Å². The zero-order chi connectivity index (χ0) is 18.1. The molecule has 3 aromatic rings. The average molecular weight is 336 g/mol. The maximum Gasteiger partial charge on any atom is 0.285 e. The van der Waals surface area contributed by atoms with Crippen molar-refractivity contribution in [3.8, 4) is 22.3 Å². The lowest BCUT2D eigenvalue weighted by Gasteiger charge is -2.07. The van der Waals surface area contributed by atoms with E-state index in [-0.39, 0.29) is 11.5 Å². The number of benzene rings is 2. The fourth-order valence-electron chi connectivity index (χ4n) is 2.63. The van der Waals surface area contributed by atoms with E-state index < -0.39 is 11.8 Å². The molecule has 0 bridgehead atoms. The van der Waals surface area contributed by atoms with Crippen LogP contribution < -0.4 is 22.9 Å². The number of carbonyl (C=O) groups is 2. The molecule has 0 saturated carbocycles. The van der Waals surface area contributed by atoms with Gasteiger partial charge in [-0.15, -0.1) is 0 Å². The van der Waals surface area contributed by atoms with Crippen LogP contribution in [0.15, 0.2) is 52.9 Å². The van der Waals surface area contributed by atoms with Gasteiger partial charge in [0.2, 0.25) is 11.5 Å². The molecule has 7 nitrogen and oxygen atoms in total. The number of amides is 2. The molecule has 0 spiro atoms. The van der Waals surface area contributed by atoms with Gasteiger partial charge in [0.15, 0.2) is 0 Å². The van der Waals surface area contributed by atoms with E-state index in [1.807, 2.05) is 0 Å². The van der Waals surface area contributed by atoms with Crippen LogP contribution >= 0.6 is 0 Å². The van der Waals surface area contributed by atoms with Crippen LogP contribution in [0.5, 0.6) is 0 Å². The maximum atomic E-state index is 11.9. The highest BCUT2D eigenvalue weighted by atomic mass is 16.4. The van der Waals surface area contributed by atoms with Crippen molar-refractivity contribution < 1.29 is 14.0 Å². The van der Waals surface area contributed by atoms with Crippen molar-refractivity contribution in [2.75, 3.05) is 11.5 Å². The summed E-state index contributed by atoms with van der Waals surface area (Å²) in [5.41, 5.74) is 25.4. The zero-order valence-corrected chi connectivity index (χ0v) is 13.2. The van der Waals surface area contributed by atoms with Crippen molar-refractivity contribution in [2.24, 2.45) is 11.5 Å². The fraction of sp³-hybridized carbons (Fsp3) is 0. The van der Waals surface area contributed by atoms with Crippen LogP contribution in [0.1, 0.15) is 21.1 Å². The molecule has 2 aromatic carbocycles. The van der Waals surface area contributed by atoms with Crippen LogP contribution in [0.25, 0.3) is 22.3 Å².